The van der Waals surface area contributed by atoms with Crippen LogP contribution in [0.4, 0.5) is 5.69 Å². The topological polar surface area (TPSA) is 173 Å². The number of rotatable bonds is 5. The van der Waals surface area contributed by atoms with E-state index in [9.17, 15) is 25.9 Å². The molecular formula is C10H9NO9S3. The van der Waals surface area contributed by atoms with Crippen LogP contribution < -0.4 is 5.73 Å². The third-order valence-corrected chi connectivity index (χ3v) is 5.05. The molecule has 0 aliphatic rings. The molecule has 0 heterocycles. The third-order valence-electron chi connectivity index (χ3n) is 2.71. The van der Waals surface area contributed by atoms with Crippen molar-refractivity contribution in [1.29, 1.82) is 0 Å². The van der Waals surface area contributed by atoms with Crippen LogP contribution in [-0.4, -0.2) is 31.2 Å². The van der Waals surface area contributed by atoms with Gasteiger partial charge >= 0.3 is 0 Å². The Morgan fingerprint density at radius 1 is 0.913 bits per heavy atom. The van der Waals surface area contributed by atoms with E-state index < -0.39 is 30.0 Å². The predicted octanol–water partition coefficient (Wildman–Crippen LogP) is 1.34. The van der Waals surface area contributed by atoms with Crippen molar-refractivity contribution in [3.8, 4) is 0 Å². The van der Waals surface area contributed by atoms with Gasteiger partial charge in [0, 0.05) is 21.4 Å². The SMILES string of the molecule is Nc1cc(S(=O)(=O)O)c2cc(SOOO)cc(S(=O)(=O)O)c2c1. The van der Waals surface area contributed by atoms with Crippen LogP contribution in [-0.2, 0) is 29.6 Å². The molecule has 0 saturated carbocycles. The molecule has 0 saturated heterocycles. The first-order chi connectivity index (χ1) is 10.5. The number of nitrogen functional groups attached to an aromatic ring is 1. The largest absolute Gasteiger partial charge is 0.399 e. The van der Waals surface area contributed by atoms with Gasteiger partial charge in [-0.2, -0.15) is 16.8 Å². The lowest BCUT2D eigenvalue weighted by atomic mass is 10.1. The van der Waals surface area contributed by atoms with Crippen molar-refractivity contribution < 1.29 is 40.6 Å². The van der Waals surface area contributed by atoms with E-state index in [1.807, 2.05) is 0 Å². The van der Waals surface area contributed by atoms with E-state index in [2.05, 4.69) is 9.37 Å². The van der Waals surface area contributed by atoms with Gasteiger partial charge in [-0.3, -0.25) is 9.11 Å². The minimum Gasteiger partial charge on any atom is -0.399 e. The minimum atomic E-state index is -4.76. The molecule has 0 unspecified atom stereocenters. The Kier molecular flexibility index (Phi) is 4.84. The summed E-state index contributed by atoms with van der Waals surface area (Å²) in [6.07, 6.45) is 0. The van der Waals surface area contributed by atoms with E-state index in [-0.39, 0.29) is 21.4 Å². The highest BCUT2D eigenvalue weighted by molar-refractivity contribution is 7.94. The fourth-order valence-electron chi connectivity index (χ4n) is 1.92. The number of fused-ring (bicyclic) bond motifs is 1. The molecule has 2 aromatic rings. The minimum absolute atomic E-state index is 0.0474. The Labute approximate surface area is 134 Å². The number of benzene rings is 2. The maximum atomic E-state index is 11.5. The smallest absolute Gasteiger partial charge is 0.295 e. The predicted molar refractivity (Wildman–Crippen MR) is 78.6 cm³/mol. The van der Waals surface area contributed by atoms with Gasteiger partial charge in [0.25, 0.3) is 20.2 Å². The molecule has 0 radical (unpaired) electrons. The molecule has 5 N–H and O–H groups in total. The first-order valence-electron chi connectivity index (χ1n) is 5.51. The van der Waals surface area contributed by atoms with Gasteiger partial charge in [0.15, 0.2) is 0 Å². The zero-order valence-electron chi connectivity index (χ0n) is 10.9. The Hall–Kier alpha value is -1.45. The standard InChI is InChI=1S/C10H9NO9S3/c11-5-1-7-8(9(2-5)22(13,14)15)3-6(21-20-19-12)4-10(7)23(16,17)18/h1-4,12H,11H2,(H,13,14,15)(H,16,17,18). The first kappa shape index (κ1) is 17.9. The van der Waals surface area contributed by atoms with Crippen molar-refractivity contribution in [1.82, 2.24) is 0 Å². The summed E-state index contributed by atoms with van der Waals surface area (Å²) < 4.78 is 68.7. The van der Waals surface area contributed by atoms with Crippen molar-refractivity contribution in [2.75, 3.05) is 5.73 Å². The molecule has 23 heavy (non-hydrogen) atoms. The van der Waals surface area contributed by atoms with Crippen molar-refractivity contribution >= 4 is 48.7 Å². The van der Waals surface area contributed by atoms with E-state index in [0.29, 0.717) is 12.0 Å². The number of anilines is 1. The summed E-state index contributed by atoms with van der Waals surface area (Å²) >= 11 is 0.334. The lowest BCUT2D eigenvalue weighted by Crippen LogP contribution is -2.05. The molecule has 2 aromatic carbocycles. The van der Waals surface area contributed by atoms with Crippen LogP contribution in [0, 0.1) is 0 Å². The first-order valence-corrected chi connectivity index (χ1v) is 9.13. The van der Waals surface area contributed by atoms with Crippen LogP contribution in [0.15, 0.2) is 39.0 Å². The number of hydrogen-bond acceptors (Lipinski definition) is 9. The van der Waals surface area contributed by atoms with E-state index in [0.717, 1.165) is 24.3 Å². The molecule has 0 spiro atoms. The molecule has 13 heteroatoms. The zero-order chi connectivity index (χ0) is 17.4. The molecule has 0 amide bonds. The molecular weight excluding hydrogens is 374 g/mol. The second-order valence-electron chi connectivity index (χ2n) is 4.21. The highest BCUT2D eigenvalue weighted by atomic mass is 32.2. The third kappa shape index (κ3) is 3.91. The number of hydrogen-bond donors (Lipinski definition) is 4. The van der Waals surface area contributed by atoms with Gasteiger partial charge in [0.05, 0.1) is 12.0 Å². The molecule has 0 aromatic heterocycles. The molecule has 2 rings (SSSR count). The van der Waals surface area contributed by atoms with Crippen LogP contribution in [0.1, 0.15) is 0 Å². The molecule has 0 aliphatic heterocycles. The maximum Gasteiger partial charge on any atom is 0.295 e. The highest BCUT2D eigenvalue weighted by Gasteiger charge is 2.22. The van der Waals surface area contributed by atoms with E-state index in [4.69, 9.17) is 11.0 Å². The summed E-state index contributed by atoms with van der Waals surface area (Å²) in [5, 5.41) is 11.0. The fourth-order valence-corrected chi connectivity index (χ4v) is 3.89. The quantitative estimate of drug-likeness (QED) is 0.193. The lowest BCUT2D eigenvalue weighted by Gasteiger charge is -2.11. The normalized spacial score (nSPS) is 12.7. The Morgan fingerprint density at radius 2 is 1.43 bits per heavy atom. The van der Waals surface area contributed by atoms with Crippen molar-refractivity contribution in [2.24, 2.45) is 0 Å². The number of nitrogens with two attached hydrogens (primary N) is 1. The highest BCUT2D eigenvalue weighted by Crippen LogP contribution is 2.35. The van der Waals surface area contributed by atoms with Crippen molar-refractivity contribution in [3.63, 3.8) is 0 Å². The van der Waals surface area contributed by atoms with Gasteiger partial charge in [-0.05, 0) is 24.3 Å². The summed E-state index contributed by atoms with van der Waals surface area (Å²) in [4.78, 5) is -1.38. The van der Waals surface area contributed by atoms with Gasteiger partial charge in [-0.15, -0.1) is 4.33 Å². The summed E-state index contributed by atoms with van der Waals surface area (Å²) in [6, 6.07) is 4.11. The van der Waals surface area contributed by atoms with E-state index in [1.54, 1.807) is 0 Å². The summed E-state index contributed by atoms with van der Waals surface area (Å²) in [6.45, 7) is 0. The van der Waals surface area contributed by atoms with E-state index >= 15 is 0 Å². The van der Waals surface area contributed by atoms with Crippen LogP contribution in [0.2, 0.25) is 0 Å². The molecule has 0 aliphatic carbocycles. The summed E-state index contributed by atoms with van der Waals surface area (Å²) in [5.74, 6) is 0. The molecule has 10 nitrogen and oxygen atoms in total. The average molecular weight is 383 g/mol. The van der Waals surface area contributed by atoms with E-state index in [1.165, 1.54) is 0 Å². The Bertz CT molecular complexity index is 969. The fraction of sp³-hybridized carbons (Fsp3) is 0. The average Bonchev–Trinajstić information content (AvgIpc) is 2.41. The van der Waals surface area contributed by atoms with Gasteiger partial charge < -0.3 is 5.73 Å². The molecule has 0 atom stereocenters. The lowest BCUT2D eigenvalue weighted by molar-refractivity contribution is -0.432. The Balaban J connectivity index is 2.96. The van der Waals surface area contributed by atoms with Crippen molar-refractivity contribution in [3.05, 3.63) is 24.3 Å². The molecule has 0 fully saturated rings. The van der Waals surface area contributed by atoms with Gasteiger partial charge in [-0.25, -0.2) is 5.26 Å². The Morgan fingerprint density at radius 3 is 1.96 bits per heavy atom. The maximum absolute atomic E-state index is 11.5. The van der Waals surface area contributed by atoms with Gasteiger partial charge in [-0.1, -0.05) is 5.04 Å². The zero-order valence-corrected chi connectivity index (χ0v) is 13.4. The van der Waals surface area contributed by atoms with Crippen LogP contribution >= 0.6 is 12.0 Å². The second-order valence-corrected chi connectivity index (χ2v) is 7.77. The summed E-state index contributed by atoms with van der Waals surface area (Å²) in [5.41, 5.74) is 5.37. The van der Waals surface area contributed by atoms with Crippen molar-refractivity contribution in [2.45, 2.75) is 14.7 Å². The summed E-state index contributed by atoms with van der Waals surface area (Å²) in [7, 11) is -9.50. The van der Waals surface area contributed by atoms with Gasteiger partial charge in [0.2, 0.25) is 0 Å². The van der Waals surface area contributed by atoms with Crippen LogP contribution in [0.5, 0.6) is 0 Å². The van der Waals surface area contributed by atoms with Crippen LogP contribution in [0.3, 0.4) is 0 Å². The molecule has 126 valence electrons. The van der Waals surface area contributed by atoms with Gasteiger partial charge in [0.1, 0.15) is 9.79 Å². The molecule has 0 bridgehead atoms. The van der Waals surface area contributed by atoms with Crippen LogP contribution in [0.25, 0.3) is 10.8 Å². The second kappa shape index (κ2) is 6.21. The monoisotopic (exact) mass is 383 g/mol.